The van der Waals surface area contributed by atoms with Crippen molar-refractivity contribution >= 4 is 52.5 Å². The van der Waals surface area contributed by atoms with E-state index in [9.17, 15) is 4.79 Å². The molecule has 0 aliphatic carbocycles. The van der Waals surface area contributed by atoms with Crippen LogP contribution < -0.4 is 19.7 Å². The standard InChI is InChI=1S/C29H38Cl2N6O4/c1-6-24(38)36-12-10-35(11-13-36)8-7-9-37-17-21(25-26(30)22(40-4)15-23(41-5)27(25)31)14-20-16-32-29(34-28(20)37)33-19(2)18-39-3/h6,14-16,19H,1,7-13,17-18H2,2-5H3,(H,32,33,34)/t19-/m0/s1. The number of benzene rings is 1. The number of nitrogens with one attached hydrogen (secondary N) is 1. The van der Waals surface area contributed by atoms with E-state index >= 15 is 0 Å². The molecular formula is C29H38Cl2N6O4. The topological polar surface area (TPSA) is 92.3 Å². The van der Waals surface area contributed by atoms with Gasteiger partial charge in [-0.1, -0.05) is 29.8 Å². The molecule has 1 atom stereocenters. The van der Waals surface area contributed by atoms with E-state index < -0.39 is 0 Å². The molecule has 2 aliphatic rings. The van der Waals surface area contributed by atoms with Crippen molar-refractivity contribution in [3.63, 3.8) is 0 Å². The van der Waals surface area contributed by atoms with Gasteiger partial charge in [0.05, 0.1) is 30.9 Å². The second-order valence-corrected chi connectivity index (χ2v) is 10.8. The minimum atomic E-state index is -0.00991. The maximum absolute atomic E-state index is 11.9. The molecule has 222 valence electrons. The lowest BCUT2D eigenvalue weighted by Gasteiger charge is -2.35. The monoisotopic (exact) mass is 604 g/mol. The largest absolute Gasteiger partial charge is 0.495 e. The van der Waals surface area contributed by atoms with E-state index in [2.05, 4.69) is 26.7 Å². The smallest absolute Gasteiger partial charge is 0.246 e. The van der Waals surface area contributed by atoms with Gasteiger partial charge in [-0.05, 0) is 37.6 Å². The minimum Gasteiger partial charge on any atom is -0.495 e. The number of hydrogen-bond donors (Lipinski definition) is 1. The van der Waals surface area contributed by atoms with Crippen LogP contribution in [-0.2, 0) is 9.53 Å². The van der Waals surface area contributed by atoms with E-state index in [0.717, 1.165) is 49.6 Å². The fraction of sp³-hybridized carbons (Fsp3) is 0.483. The zero-order chi connectivity index (χ0) is 29.5. The Hall–Kier alpha value is -3.05. The van der Waals surface area contributed by atoms with Crippen molar-refractivity contribution in [2.24, 2.45) is 0 Å². The van der Waals surface area contributed by atoms with Crippen LogP contribution in [0, 0.1) is 0 Å². The molecule has 1 fully saturated rings. The van der Waals surface area contributed by atoms with Crippen LogP contribution in [0.5, 0.6) is 11.5 Å². The van der Waals surface area contributed by atoms with Crippen LogP contribution in [-0.4, -0.2) is 105 Å². The van der Waals surface area contributed by atoms with Crippen molar-refractivity contribution < 1.29 is 19.0 Å². The fourth-order valence-corrected chi connectivity index (χ4v) is 5.89. The number of nitrogens with zero attached hydrogens (tertiary/aromatic N) is 5. The lowest BCUT2D eigenvalue weighted by atomic mass is 9.98. The molecule has 0 bridgehead atoms. The molecule has 0 unspecified atom stereocenters. The van der Waals surface area contributed by atoms with Gasteiger partial charge in [0.2, 0.25) is 11.9 Å². The highest BCUT2D eigenvalue weighted by atomic mass is 35.5. The van der Waals surface area contributed by atoms with Crippen molar-refractivity contribution in [3.8, 4) is 11.5 Å². The van der Waals surface area contributed by atoms with Gasteiger partial charge in [0.15, 0.2) is 0 Å². The average molecular weight is 606 g/mol. The number of anilines is 2. The highest BCUT2D eigenvalue weighted by Crippen LogP contribution is 2.45. The predicted molar refractivity (Wildman–Crippen MR) is 164 cm³/mol. The summed E-state index contributed by atoms with van der Waals surface area (Å²) in [6.45, 7) is 11.4. The Morgan fingerprint density at radius 1 is 1.12 bits per heavy atom. The number of halogens is 2. The molecule has 1 amide bonds. The van der Waals surface area contributed by atoms with Gasteiger partial charge in [0.1, 0.15) is 17.3 Å². The first-order valence-electron chi connectivity index (χ1n) is 13.6. The fourth-order valence-electron chi connectivity index (χ4n) is 5.14. The van der Waals surface area contributed by atoms with Crippen LogP contribution >= 0.6 is 23.2 Å². The molecule has 0 radical (unpaired) electrons. The normalized spacial score (nSPS) is 16.1. The van der Waals surface area contributed by atoms with Crippen molar-refractivity contribution in [2.75, 3.05) is 84.0 Å². The number of hydrogen-bond acceptors (Lipinski definition) is 9. The maximum atomic E-state index is 11.9. The van der Waals surface area contributed by atoms with E-state index in [-0.39, 0.29) is 11.9 Å². The van der Waals surface area contributed by atoms with E-state index in [1.807, 2.05) is 24.1 Å². The van der Waals surface area contributed by atoms with Gasteiger partial charge in [-0.25, -0.2) is 4.98 Å². The summed E-state index contributed by atoms with van der Waals surface area (Å²) in [5, 5.41) is 4.16. The quantitative estimate of drug-likeness (QED) is 0.355. The van der Waals surface area contributed by atoms with E-state index in [1.165, 1.54) is 6.08 Å². The van der Waals surface area contributed by atoms with Crippen LogP contribution in [0.15, 0.2) is 24.9 Å². The van der Waals surface area contributed by atoms with Gasteiger partial charge in [-0.2, -0.15) is 4.98 Å². The van der Waals surface area contributed by atoms with E-state index in [4.69, 9.17) is 42.4 Å². The Morgan fingerprint density at radius 3 is 2.41 bits per heavy atom. The minimum absolute atomic E-state index is 0.00991. The van der Waals surface area contributed by atoms with Crippen LogP contribution in [0.4, 0.5) is 11.8 Å². The SMILES string of the molecule is C=CC(=O)N1CCN(CCCN2CC(c3c(Cl)c(OC)cc(OC)c3Cl)=Cc3cnc(N[C@@H](C)COC)nc32)CC1. The third-order valence-corrected chi connectivity index (χ3v) is 7.98. The number of carbonyl (C=O) groups excluding carboxylic acids is 1. The summed E-state index contributed by atoms with van der Waals surface area (Å²) in [5.41, 5.74) is 2.44. The average Bonchev–Trinajstić information content (AvgIpc) is 2.97. The second kappa shape index (κ2) is 14.2. The molecule has 1 aromatic carbocycles. The third-order valence-electron chi connectivity index (χ3n) is 7.23. The zero-order valence-electron chi connectivity index (χ0n) is 24.1. The van der Waals surface area contributed by atoms with Crippen LogP contribution in [0.25, 0.3) is 11.6 Å². The molecule has 0 saturated carbocycles. The lowest BCUT2D eigenvalue weighted by Crippen LogP contribution is -2.48. The first-order chi connectivity index (χ1) is 19.8. The molecule has 3 heterocycles. The number of amides is 1. The predicted octanol–water partition coefficient (Wildman–Crippen LogP) is 4.33. The molecule has 2 aliphatic heterocycles. The van der Waals surface area contributed by atoms with Crippen LogP contribution in [0.2, 0.25) is 10.0 Å². The summed E-state index contributed by atoms with van der Waals surface area (Å²) in [5.74, 6) is 2.33. The van der Waals surface area contributed by atoms with E-state index in [1.54, 1.807) is 27.4 Å². The van der Waals surface area contributed by atoms with Crippen molar-refractivity contribution in [3.05, 3.63) is 46.1 Å². The number of piperazine rings is 1. The molecule has 12 heteroatoms. The third kappa shape index (κ3) is 7.24. The number of fused-ring (bicyclic) bond motifs is 1. The molecule has 4 rings (SSSR count). The van der Waals surface area contributed by atoms with Crippen LogP contribution in [0.1, 0.15) is 24.5 Å². The van der Waals surface area contributed by atoms with Gasteiger partial charge in [0, 0.05) is 75.8 Å². The molecule has 2 aromatic rings. The van der Waals surface area contributed by atoms with Gasteiger partial charge in [-0.15, -0.1) is 0 Å². The first kappa shape index (κ1) is 30.9. The molecule has 1 saturated heterocycles. The Labute approximate surface area is 251 Å². The molecule has 41 heavy (non-hydrogen) atoms. The number of methoxy groups -OCH3 is 3. The maximum Gasteiger partial charge on any atom is 0.246 e. The molecular weight excluding hydrogens is 567 g/mol. The van der Waals surface area contributed by atoms with E-state index in [0.29, 0.717) is 59.3 Å². The number of carbonyl (C=O) groups is 1. The van der Waals surface area contributed by atoms with Gasteiger partial charge >= 0.3 is 0 Å². The second-order valence-electron chi connectivity index (χ2n) is 10.1. The van der Waals surface area contributed by atoms with Crippen molar-refractivity contribution in [1.82, 2.24) is 19.8 Å². The van der Waals surface area contributed by atoms with Gasteiger partial charge in [0.25, 0.3) is 0 Å². The molecule has 10 nitrogen and oxygen atoms in total. The molecule has 0 spiro atoms. The summed E-state index contributed by atoms with van der Waals surface area (Å²) in [6.07, 6.45) is 6.12. The summed E-state index contributed by atoms with van der Waals surface area (Å²) in [6, 6.07) is 1.74. The lowest BCUT2D eigenvalue weighted by molar-refractivity contribution is -0.127. The number of aromatic nitrogens is 2. The summed E-state index contributed by atoms with van der Waals surface area (Å²) >= 11 is 13.6. The number of rotatable bonds is 12. The highest BCUT2D eigenvalue weighted by Gasteiger charge is 2.27. The Kier molecular flexibility index (Phi) is 10.7. The summed E-state index contributed by atoms with van der Waals surface area (Å²) < 4.78 is 16.3. The molecule has 1 N–H and O–H groups in total. The zero-order valence-corrected chi connectivity index (χ0v) is 25.6. The Balaban J connectivity index is 1.59. The van der Waals surface area contributed by atoms with Gasteiger partial charge in [-0.3, -0.25) is 9.69 Å². The van der Waals surface area contributed by atoms with Crippen molar-refractivity contribution in [2.45, 2.75) is 19.4 Å². The van der Waals surface area contributed by atoms with Crippen molar-refractivity contribution in [1.29, 1.82) is 0 Å². The van der Waals surface area contributed by atoms with Crippen LogP contribution in [0.3, 0.4) is 0 Å². The number of ether oxygens (including phenoxy) is 3. The highest BCUT2D eigenvalue weighted by molar-refractivity contribution is 6.39. The molecule has 1 aromatic heterocycles. The Bertz CT molecular complexity index is 1250. The summed E-state index contributed by atoms with van der Waals surface area (Å²) in [7, 11) is 4.80. The summed E-state index contributed by atoms with van der Waals surface area (Å²) in [4.78, 5) is 27.8. The first-order valence-corrected chi connectivity index (χ1v) is 14.4. The van der Waals surface area contributed by atoms with Gasteiger partial charge < -0.3 is 29.3 Å². The Morgan fingerprint density at radius 2 is 1.80 bits per heavy atom.